The molecule has 1 saturated heterocycles. The summed E-state index contributed by atoms with van der Waals surface area (Å²) in [5.74, 6) is 1.36. The number of piperidine rings is 1. The fraction of sp³-hybridized carbons (Fsp3) is 0.588. The third-order valence-corrected chi connectivity index (χ3v) is 6.31. The number of carbonyl (C=O) groups excluding carboxylic acids is 1. The van der Waals surface area contributed by atoms with Crippen LogP contribution in [0.25, 0.3) is 0 Å². The van der Waals surface area contributed by atoms with Gasteiger partial charge in [-0.1, -0.05) is 12.1 Å². The van der Waals surface area contributed by atoms with Crippen molar-refractivity contribution in [3.05, 3.63) is 29.3 Å². The van der Waals surface area contributed by atoms with Gasteiger partial charge in [0, 0.05) is 16.5 Å². The minimum absolute atomic E-state index is 0.0433. The molecule has 1 aromatic rings. The summed E-state index contributed by atoms with van der Waals surface area (Å²) >= 11 is 0. The van der Waals surface area contributed by atoms with Crippen LogP contribution < -0.4 is 4.74 Å². The van der Waals surface area contributed by atoms with Crippen LogP contribution >= 0.6 is 0 Å². The highest BCUT2D eigenvalue weighted by atomic mass is 16.5. The quantitative estimate of drug-likeness (QED) is 0.782. The van der Waals surface area contributed by atoms with Crippen molar-refractivity contribution >= 4 is 5.78 Å². The molecule has 4 aliphatic rings. The maximum Gasteiger partial charge on any atom is 0.180 e. The Morgan fingerprint density at radius 1 is 1.38 bits per heavy atom. The summed E-state index contributed by atoms with van der Waals surface area (Å²) in [5.41, 5.74) is 1.79. The Hall–Kier alpha value is -1.39. The Morgan fingerprint density at radius 3 is 3.10 bits per heavy atom. The summed E-state index contributed by atoms with van der Waals surface area (Å²) in [6.07, 6.45) is 2.03. The average molecular weight is 285 g/mol. The van der Waals surface area contributed by atoms with Gasteiger partial charge in [0.2, 0.25) is 0 Å². The number of Topliss-reactive ketones (excluding diaryl/α,β-unsaturated/α-hetero) is 1. The SMILES string of the molecule is CN1CC[C@@]23c4c5cccc4C(=O)[C@@H]1[C@@H]2CC[C@H](O)[C@@H]3O5. The third-order valence-electron chi connectivity index (χ3n) is 6.31. The highest BCUT2D eigenvalue weighted by molar-refractivity contribution is 6.04. The lowest BCUT2D eigenvalue weighted by atomic mass is 9.51. The molecule has 1 saturated carbocycles. The molecule has 2 bridgehead atoms. The molecule has 2 fully saturated rings. The molecule has 5 atom stereocenters. The van der Waals surface area contributed by atoms with E-state index in [1.54, 1.807) is 0 Å². The van der Waals surface area contributed by atoms with E-state index >= 15 is 0 Å². The molecule has 0 amide bonds. The lowest BCUT2D eigenvalue weighted by Crippen LogP contribution is -2.67. The predicted molar refractivity (Wildman–Crippen MR) is 76.6 cm³/mol. The Bertz CT molecular complexity index is 657. The minimum atomic E-state index is -0.418. The highest BCUT2D eigenvalue weighted by Gasteiger charge is 2.66. The van der Waals surface area contributed by atoms with E-state index in [2.05, 4.69) is 11.9 Å². The van der Waals surface area contributed by atoms with Crippen molar-refractivity contribution in [3.8, 4) is 5.75 Å². The van der Waals surface area contributed by atoms with Crippen LogP contribution in [0.3, 0.4) is 0 Å². The van der Waals surface area contributed by atoms with Gasteiger partial charge in [-0.15, -0.1) is 0 Å². The number of ketones is 1. The molecule has 110 valence electrons. The van der Waals surface area contributed by atoms with Gasteiger partial charge in [-0.25, -0.2) is 0 Å². The Kier molecular flexibility index (Phi) is 2.13. The number of ether oxygens (including phenoxy) is 1. The molecule has 1 aromatic carbocycles. The fourth-order valence-electron chi connectivity index (χ4n) is 5.52. The van der Waals surface area contributed by atoms with Crippen LogP contribution in [0.15, 0.2) is 18.2 Å². The first-order chi connectivity index (χ1) is 10.1. The summed E-state index contributed by atoms with van der Waals surface area (Å²) in [6.45, 7) is 0.896. The highest BCUT2D eigenvalue weighted by Crippen LogP contribution is 2.61. The van der Waals surface area contributed by atoms with Gasteiger partial charge in [0.15, 0.2) is 5.78 Å². The van der Waals surface area contributed by atoms with Crippen LogP contribution in [0.4, 0.5) is 0 Å². The molecule has 4 heteroatoms. The fourth-order valence-corrected chi connectivity index (χ4v) is 5.52. The molecule has 2 aliphatic carbocycles. The van der Waals surface area contributed by atoms with E-state index < -0.39 is 6.10 Å². The number of likely N-dealkylation sites (N-methyl/N-ethyl adjacent to an activating group) is 1. The van der Waals surface area contributed by atoms with E-state index in [1.807, 2.05) is 18.2 Å². The van der Waals surface area contributed by atoms with E-state index in [4.69, 9.17) is 4.74 Å². The Labute approximate surface area is 123 Å². The number of aliphatic hydroxyl groups is 1. The lowest BCUT2D eigenvalue weighted by Gasteiger charge is -2.57. The second kappa shape index (κ2) is 3.68. The van der Waals surface area contributed by atoms with Crippen molar-refractivity contribution in [2.75, 3.05) is 13.6 Å². The van der Waals surface area contributed by atoms with Crippen molar-refractivity contribution in [2.45, 2.75) is 42.9 Å². The lowest BCUT2D eigenvalue weighted by molar-refractivity contribution is -0.0911. The zero-order valence-electron chi connectivity index (χ0n) is 12.1. The average Bonchev–Trinajstić information content (AvgIpc) is 2.83. The largest absolute Gasteiger partial charge is 0.486 e. The van der Waals surface area contributed by atoms with Crippen LogP contribution in [0.5, 0.6) is 5.75 Å². The number of hydrogen-bond acceptors (Lipinski definition) is 4. The summed E-state index contributed by atoms with van der Waals surface area (Å²) in [6, 6.07) is 5.76. The zero-order chi connectivity index (χ0) is 14.4. The third kappa shape index (κ3) is 1.19. The normalized spacial score (nSPS) is 43.4. The smallest absolute Gasteiger partial charge is 0.180 e. The van der Waals surface area contributed by atoms with Crippen molar-refractivity contribution < 1.29 is 14.6 Å². The van der Waals surface area contributed by atoms with Gasteiger partial charge in [0.05, 0.1) is 12.1 Å². The van der Waals surface area contributed by atoms with E-state index in [1.165, 1.54) is 0 Å². The number of carbonyl (C=O) groups is 1. The van der Waals surface area contributed by atoms with Crippen LogP contribution in [0.1, 0.15) is 35.2 Å². The van der Waals surface area contributed by atoms with Crippen molar-refractivity contribution in [3.63, 3.8) is 0 Å². The number of likely N-dealkylation sites (tertiary alicyclic amines) is 1. The standard InChI is InChI=1S/C17H19NO3/c1-18-8-7-17-10-5-6-11(19)16(17)21-12-4-2-3-9(13(12)17)15(20)14(10)18/h2-4,10-11,14,16,19H,5-8H2,1H3/t10-,11-,14-,16-,17-/m0/s1. The van der Waals surface area contributed by atoms with Gasteiger partial charge in [-0.3, -0.25) is 9.69 Å². The first kappa shape index (κ1) is 12.2. The van der Waals surface area contributed by atoms with E-state index in [0.29, 0.717) is 0 Å². The van der Waals surface area contributed by atoms with Crippen molar-refractivity contribution in [1.29, 1.82) is 0 Å². The maximum atomic E-state index is 13.0. The molecule has 0 unspecified atom stereocenters. The van der Waals surface area contributed by atoms with Gasteiger partial charge < -0.3 is 9.84 Å². The summed E-state index contributed by atoms with van der Waals surface area (Å²) in [4.78, 5) is 15.2. The molecule has 1 spiro atoms. The monoisotopic (exact) mass is 285 g/mol. The molecule has 0 radical (unpaired) electrons. The number of rotatable bonds is 0. The Balaban J connectivity index is 1.85. The van der Waals surface area contributed by atoms with Gasteiger partial charge >= 0.3 is 0 Å². The van der Waals surface area contributed by atoms with E-state index in [9.17, 15) is 9.90 Å². The molecular weight excluding hydrogens is 266 g/mol. The first-order valence-corrected chi connectivity index (χ1v) is 7.87. The van der Waals surface area contributed by atoms with Crippen LogP contribution in [-0.2, 0) is 5.41 Å². The van der Waals surface area contributed by atoms with Crippen LogP contribution in [-0.4, -0.2) is 47.6 Å². The molecule has 1 N–H and O–H groups in total. The summed E-state index contributed by atoms with van der Waals surface area (Å²) in [7, 11) is 2.06. The molecule has 4 nitrogen and oxygen atoms in total. The Morgan fingerprint density at radius 2 is 2.24 bits per heavy atom. The summed E-state index contributed by atoms with van der Waals surface area (Å²) < 4.78 is 6.15. The topological polar surface area (TPSA) is 49.8 Å². The zero-order valence-corrected chi connectivity index (χ0v) is 12.1. The second-order valence-electron chi connectivity index (χ2n) is 7.05. The predicted octanol–water partition coefficient (Wildman–Crippen LogP) is 1.36. The number of nitrogens with zero attached hydrogens (tertiary/aromatic N) is 1. The van der Waals surface area contributed by atoms with E-state index in [0.717, 1.165) is 42.7 Å². The molecule has 5 rings (SSSR count). The molecule has 0 aromatic heterocycles. The minimum Gasteiger partial charge on any atom is -0.486 e. The first-order valence-electron chi connectivity index (χ1n) is 7.87. The van der Waals surface area contributed by atoms with E-state index in [-0.39, 0.29) is 29.3 Å². The molecule has 2 heterocycles. The number of hydrogen-bond donors (Lipinski definition) is 1. The maximum absolute atomic E-state index is 13.0. The second-order valence-corrected chi connectivity index (χ2v) is 7.05. The van der Waals surface area contributed by atoms with Crippen molar-refractivity contribution in [2.24, 2.45) is 5.92 Å². The molecular formula is C17H19NO3. The van der Waals surface area contributed by atoms with Gasteiger partial charge in [0.1, 0.15) is 11.9 Å². The van der Waals surface area contributed by atoms with Crippen molar-refractivity contribution in [1.82, 2.24) is 4.90 Å². The van der Waals surface area contributed by atoms with Gasteiger partial charge in [-0.2, -0.15) is 0 Å². The van der Waals surface area contributed by atoms with Gasteiger partial charge in [-0.05, 0) is 44.8 Å². The summed E-state index contributed by atoms with van der Waals surface area (Å²) in [5, 5.41) is 10.5. The van der Waals surface area contributed by atoms with Gasteiger partial charge in [0.25, 0.3) is 0 Å². The number of aliphatic hydroxyl groups excluding tert-OH is 1. The molecule has 21 heavy (non-hydrogen) atoms. The molecule has 2 aliphatic heterocycles. The van der Waals surface area contributed by atoms with Crippen LogP contribution in [0.2, 0.25) is 0 Å². The number of benzene rings is 1. The van der Waals surface area contributed by atoms with Crippen LogP contribution in [0, 0.1) is 5.92 Å².